The van der Waals surface area contributed by atoms with E-state index < -0.39 is 0 Å². The zero-order valence-electron chi connectivity index (χ0n) is 13.0. The molecule has 0 aliphatic carbocycles. The number of nitrogens with one attached hydrogen (secondary N) is 1. The highest BCUT2D eigenvalue weighted by molar-refractivity contribution is 5.65. The van der Waals surface area contributed by atoms with Crippen LogP contribution in [-0.2, 0) is 0 Å². The Morgan fingerprint density at radius 2 is 1.70 bits per heavy atom. The van der Waals surface area contributed by atoms with Crippen LogP contribution >= 0.6 is 0 Å². The molecule has 3 atom stereocenters. The van der Waals surface area contributed by atoms with Crippen molar-refractivity contribution < 1.29 is 4.74 Å². The van der Waals surface area contributed by atoms with Gasteiger partial charge in [0, 0.05) is 12.1 Å². The number of nitrogens with zero attached hydrogens (tertiary/aromatic N) is 1. The van der Waals surface area contributed by atoms with Crippen LogP contribution in [0, 0.1) is 11.3 Å². The Morgan fingerprint density at radius 3 is 2.39 bits per heavy atom. The first-order chi connectivity index (χ1) is 11.3. The number of ether oxygens (including phenoxy) is 1. The van der Waals surface area contributed by atoms with Crippen LogP contribution in [-0.4, -0.2) is 18.2 Å². The molecule has 2 aromatic rings. The summed E-state index contributed by atoms with van der Waals surface area (Å²) in [6.07, 6.45) is 5.12. The van der Waals surface area contributed by atoms with E-state index in [9.17, 15) is 0 Å². The summed E-state index contributed by atoms with van der Waals surface area (Å²) >= 11 is 0. The van der Waals surface area contributed by atoms with Crippen molar-refractivity contribution in [2.45, 2.75) is 43.9 Å². The molecule has 2 bridgehead atoms. The third kappa shape index (κ3) is 3.09. The summed E-state index contributed by atoms with van der Waals surface area (Å²) in [5.41, 5.74) is 2.93. The van der Waals surface area contributed by atoms with Crippen molar-refractivity contribution >= 4 is 0 Å². The molecule has 3 nitrogen and oxygen atoms in total. The Morgan fingerprint density at radius 1 is 0.957 bits per heavy atom. The minimum atomic E-state index is 0.324. The number of nitriles is 1. The third-order valence-corrected chi connectivity index (χ3v) is 4.91. The van der Waals surface area contributed by atoms with Crippen molar-refractivity contribution in [3.63, 3.8) is 0 Å². The first-order valence-electron chi connectivity index (χ1n) is 8.33. The standard InChI is InChI=1S/C20H20N2O/c21-13-14-4-6-15(7-5-14)16-2-1-3-19(10-16)23-20-11-17-8-9-18(12-20)22-17/h1-7,10,17-18,20,22H,8-9,11-12H2/t17-,18+,20?. The molecular formula is C20H20N2O. The smallest absolute Gasteiger partial charge is 0.120 e. The lowest BCUT2D eigenvalue weighted by atomic mass is 10.0. The minimum absolute atomic E-state index is 0.324. The molecule has 2 saturated heterocycles. The van der Waals surface area contributed by atoms with E-state index in [1.807, 2.05) is 36.4 Å². The van der Waals surface area contributed by atoms with Gasteiger partial charge in [-0.15, -0.1) is 0 Å². The highest BCUT2D eigenvalue weighted by Crippen LogP contribution is 2.31. The van der Waals surface area contributed by atoms with Crippen LogP contribution in [0.4, 0.5) is 0 Å². The van der Waals surface area contributed by atoms with E-state index in [2.05, 4.69) is 23.5 Å². The van der Waals surface area contributed by atoms with Crippen molar-refractivity contribution in [3.05, 3.63) is 54.1 Å². The van der Waals surface area contributed by atoms with Crippen LogP contribution in [0.25, 0.3) is 11.1 Å². The van der Waals surface area contributed by atoms with E-state index in [1.165, 1.54) is 12.8 Å². The fourth-order valence-corrected chi connectivity index (χ4v) is 3.78. The van der Waals surface area contributed by atoms with Gasteiger partial charge in [-0.2, -0.15) is 5.26 Å². The van der Waals surface area contributed by atoms with Crippen molar-refractivity contribution in [2.75, 3.05) is 0 Å². The van der Waals surface area contributed by atoms with Crippen LogP contribution in [0.1, 0.15) is 31.2 Å². The zero-order valence-corrected chi connectivity index (χ0v) is 13.0. The monoisotopic (exact) mass is 304 g/mol. The molecule has 2 heterocycles. The van der Waals surface area contributed by atoms with Gasteiger partial charge in [0.15, 0.2) is 0 Å². The van der Waals surface area contributed by atoms with Gasteiger partial charge in [-0.3, -0.25) is 0 Å². The van der Waals surface area contributed by atoms with Gasteiger partial charge in [0.05, 0.1) is 11.6 Å². The van der Waals surface area contributed by atoms with Gasteiger partial charge in [-0.05, 0) is 61.1 Å². The van der Waals surface area contributed by atoms with Gasteiger partial charge >= 0.3 is 0 Å². The number of rotatable bonds is 3. The molecule has 1 N–H and O–H groups in total. The van der Waals surface area contributed by atoms with E-state index in [4.69, 9.17) is 10.00 Å². The maximum atomic E-state index is 8.90. The summed E-state index contributed by atoms with van der Waals surface area (Å²) in [4.78, 5) is 0. The number of benzene rings is 2. The fourth-order valence-electron chi connectivity index (χ4n) is 3.78. The molecule has 116 valence electrons. The van der Waals surface area contributed by atoms with Crippen molar-refractivity contribution in [3.8, 4) is 22.9 Å². The molecule has 3 heteroatoms. The molecule has 2 aromatic carbocycles. The largest absolute Gasteiger partial charge is 0.490 e. The maximum Gasteiger partial charge on any atom is 0.120 e. The van der Waals surface area contributed by atoms with Crippen LogP contribution < -0.4 is 10.1 Å². The quantitative estimate of drug-likeness (QED) is 0.935. The van der Waals surface area contributed by atoms with E-state index >= 15 is 0 Å². The molecule has 0 amide bonds. The van der Waals surface area contributed by atoms with E-state index in [0.717, 1.165) is 29.7 Å². The SMILES string of the molecule is N#Cc1ccc(-c2cccc(OC3C[C@H]4CC[C@@H](C3)N4)c2)cc1. The van der Waals surface area contributed by atoms with Crippen LogP contribution in [0.3, 0.4) is 0 Å². The fraction of sp³-hybridized carbons (Fsp3) is 0.350. The lowest BCUT2D eigenvalue weighted by Gasteiger charge is -2.29. The van der Waals surface area contributed by atoms with Gasteiger partial charge in [0.1, 0.15) is 11.9 Å². The van der Waals surface area contributed by atoms with Gasteiger partial charge in [0.2, 0.25) is 0 Å². The van der Waals surface area contributed by atoms with Crippen LogP contribution in [0.15, 0.2) is 48.5 Å². The number of hydrogen-bond donors (Lipinski definition) is 1. The van der Waals surface area contributed by atoms with Crippen molar-refractivity contribution in [1.82, 2.24) is 5.32 Å². The first-order valence-corrected chi connectivity index (χ1v) is 8.33. The predicted octanol–water partition coefficient (Wildman–Crippen LogP) is 3.89. The molecule has 0 saturated carbocycles. The molecule has 0 radical (unpaired) electrons. The van der Waals surface area contributed by atoms with Crippen molar-refractivity contribution in [1.29, 1.82) is 5.26 Å². The topological polar surface area (TPSA) is 45.0 Å². The Hall–Kier alpha value is -2.31. The van der Waals surface area contributed by atoms with E-state index in [1.54, 1.807) is 0 Å². The average molecular weight is 304 g/mol. The van der Waals surface area contributed by atoms with E-state index in [-0.39, 0.29) is 0 Å². The Labute approximate surface area is 136 Å². The summed E-state index contributed by atoms with van der Waals surface area (Å²) in [6.45, 7) is 0. The Balaban J connectivity index is 1.50. The highest BCUT2D eigenvalue weighted by Gasteiger charge is 2.34. The predicted molar refractivity (Wildman–Crippen MR) is 90.2 cm³/mol. The molecule has 2 aliphatic rings. The van der Waals surface area contributed by atoms with E-state index in [0.29, 0.717) is 23.8 Å². The summed E-state index contributed by atoms with van der Waals surface area (Å²) in [7, 11) is 0. The molecule has 0 spiro atoms. The van der Waals surface area contributed by atoms with Crippen LogP contribution in [0.5, 0.6) is 5.75 Å². The Bertz CT molecular complexity index is 720. The highest BCUT2D eigenvalue weighted by atomic mass is 16.5. The van der Waals surface area contributed by atoms with Crippen LogP contribution in [0.2, 0.25) is 0 Å². The first kappa shape index (κ1) is 14.3. The molecule has 2 aliphatic heterocycles. The summed E-state index contributed by atoms with van der Waals surface area (Å²) < 4.78 is 6.25. The summed E-state index contributed by atoms with van der Waals surface area (Å²) in [5.74, 6) is 0.943. The number of hydrogen-bond acceptors (Lipinski definition) is 3. The van der Waals surface area contributed by atoms with Gasteiger partial charge in [0.25, 0.3) is 0 Å². The van der Waals surface area contributed by atoms with Gasteiger partial charge in [-0.25, -0.2) is 0 Å². The molecule has 0 aromatic heterocycles. The third-order valence-electron chi connectivity index (χ3n) is 4.91. The second-order valence-electron chi connectivity index (χ2n) is 6.57. The number of piperidine rings is 1. The lowest BCUT2D eigenvalue weighted by molar-refractivity contribution is 0.137. The second kappa shape index (κ2) is 6.06. The maximum absolute atomic E-state index is 8.90. The minimum Gasteiger partial charge on any atom is -0.490 e. The van der Waals surface area contributed by atoms with Gasteiger partial charge < -0.3 is 10.1 Å². The van der Waals surface area contributed by atoms with Crippen molar-refractivity contribution in [2.24, 2.45) is 0 Å². The second-order valence-corrected chi connectivity index (χ2v) is 6.57. The molecular weight excluding hydrogens is 284 g/mol. The lowest BCUT2D eigenvalue weighted by Crippen LogP contribution is -2.42. The summed E-state index contributed by atoms with van der Waals surface area (Å²) in [5, 5.41) is 12.5. The molecule has 2 fully saturated rings. The Kier molecular flexibility index (Phi) is 3.77. The summed E-state index contributed by atoms with van der Waals surface area (Å²) in [6, 6.07) is 19.4. The number of fused-ring (bicyclic) bond motifs is 2. The average Bonchev–Trinajstić information content (AvgIpc) is 2.94. The zero-order chi connectivity index (χ0) is 15.6. The molecule has 1 unspecified atom stereocenters. The van der Waals surface area contributed by atoms with Gasteiger partial charge in [-0.1, -0.05) is 24.3 Å². The molecule has 4 rings (SSSR count). The molecule has 23 heavy (non-hydrogen) atoms. The normalized spacial score (nSPS) is 25.8.